The standard InChI is InChI=1S/C20H22F2N2O3/c21-20(22)27-18-7-5-15(6-8-18)19(25)23-13-16-3-1-2-4-17(16)14-24-9-11-26-12-10-24/h1-8,20H,9-14H2,(H,23,25). The summed E-state index contributed by atoms with van der Waals surface area (Å²) in [6.45, 7) is 1.60. The van der Waals surface area contributed by atoms with Crippen molar-refractivity contribution in [3.63, 3.8) is 0 Å². The van der Waals surface area contributed by atoms with Gasteiger partial charge in [0.25, 0.3) is 5.91 Å². The molecular formula is C20H22F2N2O3. The number of morpholine rings is 1. The topological polar surface area (TPSA) is 50.8 Å². The summed E-state index contributed by atoms with van der Waals surface area (Å²) in [4.78, 5) is 14.7. The summed E-state index contributed by atoms with van der Waals surface area (Å²) in [5, 5.41) is 2.88. The summed E-state index contributed by atoms with van der Waals surface area (Å²) >= 11 is 0. The van der Waals surface area contributed by atoms with Crippen LogP contribution in [0.1, 0.15) is 21.5 Å². The molecular weight excluding hydrogens is 354 g/mol. The Morgan fingerprint density at radius 2 is 1.74 bits per heavy atom. The molecule has 0 bridgehead atoms. The first-order valence-electron chi connectivity index (χ1n) is 8.82. The number of alkyl halides is 2. The van der Waals surface area contributed by atoms with Gasteiger partial charge in [-0.2, -0.15) is 8.78 Å². The van der Waals surface area contributed by atoms with Crippen LogP contribution in [0.3, 0.4) is 0 Å². The van der Waals surface area contributed by atoms with Gasteiger partial charge in [-0.25, -0.2) is 0 Å². The summed E-state index contributed by atoms with van der Waals surface area (Å²) in [6.07, 6.45) is 0. The fraction of sp³-hybridized carbons (Fsp3) is 0.350. The molecule has 1 amide bonds. The van der Waals surface area contributed by atoms with Crippen LogP contribution in [0, 0.1) is 0 Å². The predicted molar refractivity (Wildman–Crippen MR) is 96.8 cm³/mol. The maximum absolute atomic E-state index is 12.3. The second-order valence-corrected chi connectivity index (χ2v) is 6.24. The zero-order valence-corrected chi connectivity index (χ0v) is 14.9. The Morgan fingerprint density at radius 1 is 1.07 bits per heavy atom. The van der Waals surface area contributed by atoms with Crippen LogP contribution in [0.15, 0.2) is 48.5 Å². The Morgan fingerprint density at radius 3 is 2.41 bits per heavy atom. The van der Waals surface area contributed by atoms with Crippen molar-refractivity contribution in [3.8, 4) is 5.75 Å². The van der Waals surface area contributed by atoms with Gasteiger partial charge in [-0.3, -0.25) is 9.69 Å². The average molecular weight is 376 g/mol. The van der Waals surface area contributed by atoms with Crippen molar-refractivity contribution >= 4 is 5.91 Å². The van der Waals surface area contributed by atoms with E-state index in [2.05, 4.69) is 21.0 Å². The van der Waals surface area contributed by atoms with Crippen LogP contribution >= 0.6 is 0 Å². The number of carbonyl (C=O) groups is 1. The lowest BCUT2D eigenvalue weighted by Crippen LogP contribution is -2.36. The zero-order valence-electron chi connectivity index (χ0n) is 14.9. The molecule has 1 fully saturated rings. The molecule has 0 spiro atoms. The van der Waals surface area contributed by atoms with E-state index in [9.17, 15) is 13.6 Å². The third kappa shape index (κ3) is 5.74. The van der Waals surface area contributed by atoms with Gasteiger partial charge in [0.15, 0.2) is 0 Å². The molecule has 1 aliphatic rings. The van der Waals surface area contributed by atoms with Gasteiger partial charge in [0.2, 0.25) is 0 Å². The molecule has 0 aliphatic carbocycles. The molecule has 1 heterocycles. The summed E-state index contributed by atoms with van der Waals surface area (Å²) in [7, 11) is 0. The van der Waals surface area contributed by atoms with Crippen LogP contribution in [0.4, 0.5) is 8.78 Å². The van der Waals surface area contributed by atoms with Gasteiger partial charge in [-0.15, -0.1) is 0 Å². The SMILES string of the molecule is O=C(NCc1ccccc1CN1CCOCC1)c1ccc(OC(F)F)cc1. The molecule has 0 atom stereocenters. The van der Waals surface area contributed by atoms with Crippen LogP contribution in [-0.4, -0.2) is 43.7 Å². The number of hydrogen-bond donors (Lipinski definition) is 1. The molecule has 2 aromatic carbocycles. The molecule has 0 radical (unpaired) electrons. The maximum Gasteiger partial charge on any atom is 0.387 e. The number of nitrogens with zero attached hydrogens (tertiary/aromatic N) is 1. The minimum absolute atomic E-state index is 0.0254. The highest BCUT2D eigenvalue weighted by Gasteiger charge is 2.13. The minimum atomic E-state index is -2.88. The number of rotatable bonds is 7. The van der Waals surface area contributed by atoms with E-state index in [1.54, 1.807) is 0 Å². The number of carbonyl (C=O) groups excluding carboxylic acids is 1. The first-order valence-corrected chi connectivity index (χ1v) is 8.82. The smallest absolute Gasteiger partial charge is 0.387 e. The van der Waals surface area contributed by atoms with Crippen molar-refractivity contribution < 1.29 is 23.0 Å². The Bertz CT molecular complexity index is 747. The largest absolute Gasteiger partial charge is 0.435 e. The van der Waals surface area contributed by atoms with E-state index < -0.39 is 6.61 Å². The molecule has 7 heteroatoms. The second kappa shape index (κ2) is 9.43. The third-order valence-electron chi connectivity index (χ3n) is 4.40. The molecule has 5 nitrogen and oxygen atoms in total. The third-order valence-corrected chi connectivity index (χ3v) is 4.40. The van der Waals surface area contributed by atoms with E-state index in [0.29, 0.717) is 12.1 Å². The van der Waals surface area contributed by atoms with Gasteiger partial charge in [0, 0.05) is 31.7 Å². The van der Waals surface area contributed by atoms with Crippen LogP contribution in [0.5, 0.6) is 5.75 Å². The molecule has 27 heavy (non-hydrogen) atoms. The average Bonchev–Trinajstić information content (AvgIpc) is 2.68. The lowest BCUT2D eigenvalue weighted by Gasteiger charge is -2.27. The Balaban J connectivity index is 1.58. The van der Waals surface area contributed by atoms with Crippen molar-refractivity contribution in [1.29, 1.82) is 0 Å². The Hall–Kier alpha value is -2.51. The molecule has 0 saturated carbocycles. The number of amides is 1. The van der Waals surface area contributed by atoms with Crippen molar-refractivity contribution in [2.24, 2.45) is 0 Å². The number of hydrogen-bond acceptors (Lipinski definition) is 4. The number of ether oxygens (including phenoxy) is 2. The van der Waals surface area contributed by atoms with Gasteiger partial charge < -0.3 is 14.8 Å². The summed E-state index contributed by atoms with van der Waals surface area (Å²) in [5.74, 6) is -0.239. The second-order valence-electron chi connectivity index (χ2n) is 6.24. The molecule has 1 N–H and O–H groups in total. The van der Waals surface area contributed by atoms with Crippen molar-refractivity contribution in [3.05, 3.63) is 65.2 Å². The highest BCUT2D eigenvalue weighted by molar-refractivity contribution is 5.94. The van der Waals surface area contributed by atoms with E-state index in [-0.39, 0.29) is 11.7 Å². The quantitative estimate of drug-likeness (QED) is 0.807. The van der Waals surface area contributed by atoms with Gasteiger partial charge in [-0.05, 0) is 35.4 Å². The molecule has 0 unspecified atom stereocenters. The van der Waals surface area contributed by atoms with Gasteiger partial charge >= 0.3 is 6.61 Å². The number of halogens is 2. The number of benzene rings is 2. The maximum atomic E-state index is 12.3. The lowest BCUT2D eigenvalue weighted by atomic mass is 10.1. The molecule has 0 aromatic heterocycles. The number of nitrogens with one attached hydrogen (secondary N) is 1. The normalized spacial score (nSPS) is 14.9. The van der Waals surface area contributed by atoms with E-state index in [1.165, 1.54) is 29.8 Å². The van der Waals surface area contributed by atoms with Crippen LogP contribution < -0.4 is 10.1 Å². The van der Waals surface area contributed by atoms with Gasteiger partial charge in [0.05, 0.1) is 13.2 Å². The fourth-order valence-electron chi connectivity index (χ4n) is 2.95. The minimum Gasteiger partial charge on any atom is -0.435 e. The van der Waals surface area contributed by atoms with Crippen LogP contribution in [-0.2, 0) is 17.8 Å². The highest BCUT2D eigenvalue weighted by atomic mass is 19.3. The summed E-state index contributed by atoms with van der Waals surface area (Å²) in [6, 6.07) is 13.6. The van der Waals surface area contributed by atoms with Gasteiger partial charge in [-0.1, -0.05) is 24.3 Å². The fourth-order valence-corrected chi connectivity index (χ4v) is 2.95. The molecule has 3 rings (SSSR count). The van der Waals surface area contributed by atoms with Crippen LogP contribution in [0.25, 0.3) is 0 Å². The van der Waals surface area contributed by atoms with E-state index in [1.807, 2.05) is 18.2 Å². The lowest BCUT2D eigenvalue weighted by molar-refractivity contribution is -0.0498. The van der Waals surface area contributed by atoms with E-state index in [0.717, 1.165) is 38.4 Å². The zero-order chi connectivity index (χ0) is 19.1. The van der Waals surface area contributed by atoms with Crippen molar-refractivity contribution in [2.45, 2.75) is 19.7 Å². The summed E-state index contributed by atoms with van der Waals surface area (Å²) < 4.78 is 34.0. The van der Waals surface area contributed by atoms with Crippen molar-refractivity contribution in [1.82, 2.24) is 10.2 Å². The molecule has 1 aliphatic heterocycles. The molecule has 1 saturated heterocycles. The molecule has 144 valence electrons. The predicted octanol–water partition coefficient (Wildman–Crippen LogP) is 3.05. The van der Waals surface area contributed by atoms with Crippen LogP contribution in [0.2, 0.25) is 0 Å². The van der Waals surface area contributed by atoms with Crippen molar-refractivity contribution in [2.75, 3.05) is 26.3 Å². The molecule has 2 aromatic rings. The highest BCUT2D eigenvalue weighted by Crippen LogP contribution is 2.16. The monoisotopic (exact) mass is 376 g/mol. The first-order chi connectivity index (χ1) is 13.1. The first kappa shape index (κ1) is 19.3. The van der Waals surface area contributed by atoms with E-state index in [4.69, 9.17) is 4.74 Å². The van der Waals surface area contributed by atoms with E-state index >= 15 is 0 Å². The Kier molecular flexibility index (Phi) is 6.73. The Labute approximate surface area is 156 Å². The summed E-state index contributed by atoms with van der Waals surface area (Å²) in [5.41, 5.74) is 2.61. The van der Waals surface area contributed by atoms with Gasteiger partial charge in [0.1, 0.15) is 5.75 Å².